The molecule has 1 spiro atoms. The Bertz CT molecular complexity index is 596. The zero-order chi connectivity index (χ0) is 16.7. The van der Waals surface area contributed by atoms with E-state index in [2.05, 4.69) is 29.2 Å². The van der Waals surface area contributed by atoms with Crippen molar-refractivity contribution in [1.82, 2.24) is 4.90 Å². The maximum absolute atomic E-state index is 6.14. The van der Waals surface area contributed by atoms with Crippen LogP contribution in [-0.2, 0) is 10.2 Å². The zero-order valence-electron chi connectivity index (χ0n) is 15.6. The summed E-state index contributed by atoms with van der Waals surface area (Å²) in [6.45, 7) is 3.60. The number of nitrogens with zero attached hydrogens (tertiary/aromatic N) is 1. The molecule has 2 heteroatoms. The van der Waals surface area contributed by atoms with E-state index in [1.54, 1.807) is 5.56 Å². The van der Waals surface area contributed by atoms with Crippen LogP contribution in [0.25, 0.3) is 0 Å². The fourth-order valence-electron chi connectivity index (χ4n) is 6.44. The average Bonchev–Trinajstić information content (AvgIpc) is 2.95. The van der Waals surface area contributed by atoms with Gasteiger partial charge in [0, 0.05) is 12.6 Å². The van der Waals surface area contributed by atoms with Crippen LogP contribution in [0.2, 0.25) is 0 Å². The van der Waals surface area contributed by atoms with E-state index in [1.807, 2.05) is 0 Å². The second kappa shape index (κ2) is 6.70. The van der Waals surface area contributed by atoms with E-state index in [9.17, 15) is 0 Å². The highest BCUT2D eigenvalue weighted by Crippen LogP contribution is 2.54. The van der Waals surface area contributed by atoms with E-state index in [0.717, 1.165) is 18.6 Å². The van der Waals surface area contributed by atoms with Gasteiger partial charge in [-0.3, -0.25) is 0 Å². The Morgan fingerprint density at radius 3 is 2.48 bits per heavy atom. The van der Waals surface area contributed by atoms with Gasteiger partial charge in [0.05, 0.1) is 6.10 Å². The molecule has 0 N–H and O–H groups in total. The van der Waals surface area contributed by atoms with E-state index in [0.29, 0.717) is 11.5 Å². The molecule has 1 aromatic rings. The summed E-state index contributed by atoms with van der Waals surface area (Å²) in [5, 5.41) is 0. The van der Waals surface area contributed by atoms with E-state index in [-0.39, 0.29) is 0 Å². The second-order valence-electron chi connectivity index (χ2n) is 9.09. The van der Waals surface area contributed by atoms with Crippen molar-refractivity contribution in [3.63, 3.8) is 0 Å². The molecule has 2 aliphatic heterocycles. The molecule has 2 heterocycles. The molecule has 0 radical (unpaired) electrons. The Balaban J connectivity index is 1.37. The number of piperidine rings is 1. The first-order valence-corrected chi connectivity index (χ1v) is 10.8. The molecule has 25 heavy (non-hydrogen) atoms. The van der Waals surface area contributed by atoms with Gasteiger partial charge in [0.15, 0.2) is 0 Å². The molecular weight excluding hydrogens is 306 g/mol. The lowest BCUT2D eigenvalue weighted by molar-refractivity contribution is 0.0436. The summed E-state index contributed by atoms with van der Waals surface area (Å²) in [6, 6.07) is 10.1. The third-order valence-electron chi connectivity index (χ3n) is 7.80. The van der Waals surface area contributed by atoms with Crippen molar-refractivity contribution in [3.8, 4) is 0 Å². The summed E-state index contributed by atoms with van der Waals surface area (Å²) >= 11 is 0. The Morgan fingerprint density at radius 2 is 1.68 bits per heavy atom. The van der Waals surface area contributed by atoms with Crippen LogP contribution in [0, 0.1) is 5.92 Å². The molecule has 1 aromatic carbocycles. The van der Waals surface area contributed by atoms with Crippen molar-refractivity contribution in [3.05, 3.63) is 35.4 Å². The van der Waals surface area contributed by atoms with Crippen molar-refractivity contribution in [2.24, 2.45) is 5.92 Å². The predicted molar refractivity (Wildman–Crippen MR) is 102 cm³/mol. The summed E-state index contributed by atoms with van der Waals surface area (Å²) in [4.78, 5) is 2.86. The quantitative estimate of drug-likeness (QED) is 0.650. The molecule has 0 amide bonds. The van der Waals surface area contributed by atoms with Gasteiger partial charge in [0.25, 0.3) is 0 Å². The SMILES string of the molecule is c1ccc2c(c1)C1OCCC1CC21CCN(C2CCCCCC2)CC1. The van der Waals surface area contributed by atoms with Crippen LogP contribution in [0.4, 0.5) is 0 Å². The van der Waals surface area contributed by atoms with Crippen LogP contribution >= 0.6 is 0 Å². The van der Waals surface area contributed by atoms with Crippen LogP contribution in [0.15, 0.2) is 24.3 Å². The summed E-state index contributed by atoms with van der Waals surface area (Å²) in [6.07, 6.45) is 14.5. The fraction of sp³-hybridized carbons (Fsp3) is 0.739. The number of fused-ring (bicyclic) bond motifs is 4. The average molecular weight is 340 g/mol. The first kappa shape index (κ1) is 16.3. The molecule has 3 fully saturated rings. The molecule has 2 unspecified atom stereocenters. The van der Waals surface area contributed by atoms with Crippen LogP contribution in [0.5, 0.6) is 0 Å². The Hall–Kier alpha value is -0.860. The molecule has 4 aliphatic rings. The van der Waals surface area contributed by atoms with Gasteiger partial charge >= 0.3 is 0 Å². The molecule has 136 valence electrons. The first-order valence-electron chi connectivity index (χ1n) is 10.8. The maximum atomic E-state index is 6.14. The van der Waals surface area contributed by atoms with E-state index >= 15 is 0 Å². The first-order chi connectivity index (χ1) is 12.4. The molecule has 2 aliphatic carbocycles. The topological polar surface area (TPSA) is 12.5 Å². The maximum Gasteiger partial charge on any atom is 0.0857 e. The van der Waals surface area contributed by atoms with E-state index < -0.39 is 0 Å². The molecular formula is C23H33NO. The normalized spacial score (nSPS) is 33.0. The standard InChI is InChI=1S/C23H33NO/c1-2-4-8-19(7-3-1)24-14-12-23(13-15-24)17-18-11-16-25-22(18)20-9-5-6-10-21(20)23/h5-6,9-10,18-19,22H,1-4,7-8,11-17H2. The van der Waals surface area contributed by atoms with E-state index in [4.69, 9.17) is 4.74 Å². The zero-order valence-corrected chi connectivity index (χ0v) is 15.6. The number of hydrogen-bond acceptors (Lipinski definition) is 2. The summed E-state index contributed by atoms with van der Waals surface area (Å²) in [5.41, 5.74) is 3.60. The minimum atomic E-state index is 0.390. The van der Waals surface area contributed by atoms with E-state index in [1.165, 1.54) is 82.9 Å². The number of hydrogen-bond donors (Lipinski definition) is 0. The monoisotopic (exact) mass is 339 g/mol. The Labute approximate surface area is 152 Å². The van der Waals surface area contributed by atoms with Crippen LogP contribution in [0.3, 0.4) is 0 Å². The largest absolute Gasteiger partial charge is 0.373 e. The summed E-state index contributed by atoms with van der Waals surface area (Å²) in [7, 11) is 0. The van der Waals surface area contributed by atoms with Crippen LogP contribution in [0.1, 0.15) is 81.4 Å². The van der Waals surface area contributed by atoms with Gasteiger partial charge in [-0.15, -0.1) is 0 Å². The number of rotatable bonds is 1. The highest BCUT2D eigenvalue weighted by atomic mass is 16.5. The van der Waals surface area contributed by atoms with Gasteiger partial charge in [-0.05, 0) is 74.1 Å². The number of ether oxygens (including phenoxy) is 1. The van der Waals surface area contributed by atoms with Crippen molar-refractivity contribution < 1.29 is 4.74 Å². The second-order valence-corrected chi connectivity index (χ2v) is 9.09. The summed E-state index contributed by atoms with van der Waals surface area (Å²) < 4.78 is 6.14. The lowest BCUT2D eigenvalue weighted by Gasteiger charge is -2.49. The van der Waals surface area contributed by atoms with Gasteiger partial charge in [-0.25, -0.2) is 0 Å². The molecule has 2 nitrogen and oxygen atoms in total. The molecule has 0 bridgehead atoms. The third-order valence-corrected chi connectivity index (χ3v) is 7.80. The van der Waals surface area contributed by atoms with Crippen molar-refractivity contribution >= 4 is 0 Å². The number of benzene rings is 1. The fourth-order valence-corrected chi connectivity index (χ4v) is 6.44. The third kappa shape index (κ3) is 2.86. The minimum Gasteiger partial charge on any atom is -0.373 e. The molecule has 1 saturated carbocycles. The van der Waals surface area contributed by atoms with Gasteiger partial charge in [-0.2, -0.15) is 0 Å². The summed E-state index contributed by atoms with van der Waals surface area (Å²) in [5.74, 6) is 0.763. The van der Waals surface area contributed by atoms with Gasteiger partial charge in [0.2, 0.25) is 0 Å². The highest BCUT2D eigenvalue weighted by Gasteiger charge is 2.48. The smallest absolute Gasteiger partial charge is 0.0857 e. The minimum absolute atomic E-state index is 0.390. The Kier molecular flexibility index (Phi) is 4.38. The van der Waals surface area contributed by atoms with Gasteiger partial charge < -0.3 is 9.64 Å². The van der Waals surface area contributed by atoms with Gasteiger partial charge in [-0.1, -0.05) is 49.9 Å². The van der Waals surface area contributed by atoms with Crippen LogP contribution < -0.4 is 0 Å². The molecule has 5 rings (SSSR count). The number of likely N-dealkylation sites (tertiary alicyclic amines) is 1. The Morgan fingerprint density at radius 1 is 0.920 bits per heavy atom. The highest BCUT2D eigenvalue weighted by molar-refractivity contribution is 5.40. The van der Waals surface area contributed by atoms with Gasteiger partial charge in [0.1, 0.15) is 0 Å². The van der Waals surface area contributed by atoms with Crippen molar-refractivity contribution in [2.75, 3.05) is 19.7 Å². The molecule has 2 atom stereocenters. The predicted octanol–water partition coefficient (Wildman–Crippen LogP) is 5.22. The lowest BCUT2D eigenvalue weighted by Crippen LogP contribution is -2.49. The van der Waals surface area contributed by atoms with Crippen molar-refractivity contribution in [1.29, 1.82) is 0 Å². The molecule has 0 aromatic heterocycles. The van der Waals surface area contributed by atoms with Crippen molar-refractivity contribution in [2.45, 2.75) is 81.8 Å². The van der Waals surface area contributed by atoms with Crippen LogP contribution in [-0.4, -0.2) is 30.6 Å². The lowest BCUT2D eigenvalue weighted by atomic mass is 9.61. The molecule has 2 saturated heterocycles.